The van der Waals surface area contributed by atoms with E-state index < -0.39 is 0 Å². The second-order valence-corrected chi connectivity index (χ2v) is 6.08. The van der Waals surface area contributed by atoms with Crippen LogP contribution in [0.2, 0.25) is 0 Å². The minimum atomic E-state index is -0.0312. The number of nitrogens with zero attached hydrogens (tertiary/aromatic N) is 1. The number of hydrogen-bond acceptors (Lipinski definition) is 5. The van der Waals surface area contributed by atoms with Crippen molar-refractivity contribution >= 4 is 11.3 Å². The number of ether oxygens (including phenoxy) is 2. The summed E-state index contributed by atoms with van der Waals surface area (Å²) < 4.78 is 11.1. The fraction of sp³-hybridized carbons (Fsp3) is 0.692. The summed E-state index contributed by atoms with van der Waals surface area (Å²) in [6.45, 7) is 5.12. The zero-order valence-corrected chi connectivity index (χ0v) is 11.2. The third-order valence-electron chi connectivity index (χ3n) is 3.78. The summed E-state index contributed by atoms with van der Waals surface area (Å²) in [7, 11) is 0. The summed E-state index contributed by atoms with van der Waals surface area (Å²) in [5.74, 6) is 0. The normalized spacial score (nSPS) is 27.9. The highest BCUT2D eigenvalue weighted by atomic mass is 32.1. The Morgan fingerprint density at radius 3 is 3.00 bits per heavy atom. The molecule has 1 aromatic heterocycles. The number of morpholine rings is 1. The Balaban J connectivity index is 1.60. The predicted octanol–water partition coefficient (Wildman–Crippen LogP) is 1.13. The van der Waals surface area contributed by atoms with Gasteiger partial charge >= 0.3 is 0 Å². The standard InChI is InChI=1S/C13H19NO3S/c15-8-13(9-16-10-13)7-14-2-3-17-12(5-14)11-1-4-18-6-11/h1,4,6,12,15H,2-3,5,7-10H2. The molecule has 4 nitrogen and oxygen atoms in total. The molecule has 0 aromatic carbocycles. The summed E-state index contributed by atoms with van der Waals surface area (Å²) in [6, 6.07) is 2.13. The predicted molar refractivity (Wildman–Crippen MR) is 69.8 cm³/mol. The van der Waals surface area contributed by atoms with Crippen LogP contribution in [-0.4, -0.2) is 56.1 Å². The van der Waals surface area contributed by atoms with Crippen LogP contribution in [0.25, 0.3) is 0 Å². The van der Waals surface area contributed by atoms with Crippen LogP contribution in [0.15, 0.2) is 16.8 Å². The van der Waals surface area contributed by atoms with Gasteiger partial charge in [0.2, 0.25) is 0 Å². The highest BCUT2D eigenvalue weighted by Gasteiger charge is 2.40. The lowest BCUT2D eigenvalue weighted by Crippen LogP contribution is -2.55. The molecule has 2 fully saturated rings. The zero-order valence-electron chi connectivity index (χ0n) is 10.4. The van der Waals surface area contributed by atoms with Gasteiger partial charge in [-0.2, -0.15) is 11.3 Å². The van der Waals surface area contributed by atoms with Crippen molar-refractivity contribution in [1.29, 1.82) is 0 Å². The fourth-order valence-corrected chi connectivity index (χ4v) is 3.31. The van der Waals surface area contributed by atoms with Gasteiger partial charge in [-0.25, -0.2) is 0 Å². The lowest BCUT2D eigenvalue weighted by atomic mass is 9.86. The smallest absolute Gasteiger partial charge is 0.0960 e. The fourth-order valence-electron chi connectivity index (χ4n) is 2.60. The Labute approximate surface area is 111 Å². The van der Waals surface area contributed by atoms with E-state index in [1.54, 1.807) is 11.3 Å². The second kappa shape index (κ2) is 5.27. The van der Waals surface area contributed by atoms with Gasteiger partial charge in [-0.3, -0.25) is 4.90 Å². The molecule has 18 heavy (non-hydrogen) atoms. The van der Waals surface area contributed by atoms with Crippen LogP contribution in [-0.2, 0) is 9.47 Å². The van der Waals surface area contributed by atoms with E-state index >= 15 is 0 Å². The molecule has 0 radical (unpaired) electrons. The molecule has 100 valence electrons. The Kier molecular flexibility index (Phi) is 3.68. The first-order valence-corrected chi connectivity index (χ1v) is 7.30. The van der Waals surface area contributed by atoms with Crippen LogP contribution in [0.4, 0.5) is 0 Å². The zero-order chi connectivity index (χ0) is 12.4. The molecule has 0 saturated carbocycles. The molecule has 3 rings (SSSR count). The Morgan fingerprint density at radius 2 is 2.39 bits per heavy atom. The van der Waals surface area contributed by atoms with Gasteiger partial charge < -0.3 is 14.6 Å². The molecule has 0 bridgehead atoms. The van der Waals surface area contributed by atoms with Crippen molar-refractivity contribution in [3.8, 4) is 0 Å². The molecule has 2 saturated heterocycles. The second-order valence-electron chi connectivity index (χ2n) is 5.30. The number of rotatable bonds is 4. The molecule has 2 aliphatic rings. The maximum absolute atomic E-state index is 9.48. The largest absolute Gasteiger partial charge is 0.396 e. The molecule has 0 amide bonds. The first-order valence-electron chi connectivity index (χ1n) is 6.36. The van der Waals surface area contributed by atoms with Crippen LogP contribution in [0.1, 0.15) is 11.7 Å². The molecular formula is C13H19NO3S. The van der Waals surface area contributed by atoms with E-state index in [4.69, 9.17) is 9.47 Å². The van der Waals surface area contributed by atoms with Gasteiger partial charge in [0.05, 0.1) is 37.9 Å². The van der Waals surface area contributed by atoms with Gasteiger partial charge in [-0.15, -0.1) is 0 Å². The highest BCUT2D eigenvalue weighted by molar-refractivity contribution is 7.07. The average molecular weight is 269 g/mol. The monoisotopic (exact) mass is 269 g/mol. The minimum Gasteiger partial charge on any atom is -0.396 e. The third-order valence-corrected chi connectivity index (χ3v) is 4.48. The number of aliphatic hydroxyl groups excluding tert-OH is 1. The topological polar surface area (TPSA) is 41.9 Å². The van der Waals surface area contributed by atoms with Gasteiger partial charge in [0.15, 0.2) is 0 Å². The van der Waals surface area contributed by atoms with Crippen molar-refractivity contribution in [2.75, 3.05) is 46.1 Å². The first-order chi connectivity index (χ1) is 8.81. The number of hydrogen-bond donors (Lipinski definition) is 1. The number of aliphatic hydroxyl groups is 1. The van der Waals surface area contributed by atoms with Crippen molar-refractivity contribution in [1.82, 2.24) is 4.90 Å². The van der Waals surface area contributed by atoms with Crippen LogP contribution >= 0.6 is 11.3 Å². The Morgan fingerprint density at radius 1 is 1.50 bits per heavy atom. The van der Waals surface area contributed by atoms with E-state index in [0.29, 0.717) is 13.2 Å². The molecule has 0 spiro atoms. The van der Waals surface area contributed by atoms with E-state index in [1.165, 1.54) is 5.56 Å². The molecule has 0 aliphatic carbocycles. The van der Waals surface area contributed by atoms with Crippen molar-refractivity contribution < 1.29 is 14.6 Å². The molecule has 5 heteroatoms. The molecule has 1 N–H and O–H groups in total. The molecule has 1 aromatic rings. The molecule has 1 unspecified atom stereocenters. The van der Waals surface area contributed by atoms with Gasteiger partial charge in [0.25, 0.3) is 0 Å². The molecule has 2 aliphatic heterocycles. The number of thiophene rings is 1. The quantitative estimate of drug-likeness (QED) is 0.890. The van der Waals surface area contributed by atoms with Crippen LogP contribution in [0.5, 0.6) is 0 Å². The molecule has 1 atom stereocenters. The average Bonchev–Trinajstić information content (AvgIpc) is 2.88. The minimum absolute atomic E-state index is 0.0312. The lowest BCUT2D eigenvalue weighted by Gasteiger charge is -2.45. The third kappa shape index (κ3) is 2.46. The Hall–Kier alpha value is -0.460. The maximum atomic E-state index is 9.48. The van der Waals surface area contributed by atoms with Crippen molar-refractivity contribution in [2.24, 2.45) is 5.41 Å². The lowest BCUT2D eigenvalue weighted by molar-refractivity contribution is -0.158. The van der Waals surface area contributed by atoms with Crippen molar-refractivity contribution in [2.45, 2.75) is 6.10 Å². The highest BCUT2D eigenvalue weighted by Crippen LogP contribution is 2.31. The molecular weight excluding hydrogens is 250 g/mol. The van der Waals surface area contributed by atoms with E-state index in [9.17, 15) is 5.11 Å². The van der Waals surface area contributed by atoms with Crippen LogP contribution < -0.4 is 0 Å². The van der Waals surface area contributed by atoms with Gasteiger partial charge in [-0.05, 0) is 22.4 Å². The van der Waals surface area contributed by atoms with Crippen LogP contribution in [0, 0.1) is 5.41 Å². The SMILES string of the molecule is OCC1(CN2CCOC(c3ccsc3)C2)COC1. The van der Waals surface area contributed by atoms with Gasteiger partial charge in [0.1, 0.15) is 0 Å². The summed E-state index contributed by atoms with van der Waals surface area (Å²) in [5, 5.41) is 13.7. The molecule has 3 heterocycles. The summed E-state index contributed by atoms with van der Waals surface area (Å²) >= 11 is 1.71. The van der Waals surface area contributed by atoms with E-state index in [0.717, 1.165) is 26.2 Å². The van der Waals surface area contributed by atoms with Crippen LogP contribution in [0.3, 0.4) is 0 Å². The maximum Gasteiger partial charge on any atom is 0.0960 e. The summed E-state index contributed by atoms with van der Waals surface area (Å²) in [6.07, 6.45) is 0.182. The van der Waals surface area contributed by atoms with Crippen molar-refractivity contribution in [3.05, 3.63) is 22.4 Å². The van der Waals surface area contributed by atoms with Crippen molar-refractivity contribution in [3.63, 3.8) is 0 Å². The van der Waals surface area contributed by atoms with E-state index in [2.05, 4.69) is 21.7 Å². The van der Waals surface area contributed by atoms with E-state index in [-0.39, 0.29) is 18.1 Å². The van der Waals surface area contributed by atoms with E-state index in [1.807, 2.05) is 0 Å². The van der Waals surface area contributed by atoms with Gasteiger partial charge in [0, 0.05) is 19.6 Å². The summed E-state index contributed by atoms with van der Waals surface area (Å²) in [4.78, 5) is 2.39. The Bertz CT molecular complexity index is 372. The summed E-state index contributed by atoms with van der Waals surface area (Å²) in [5.41, 5.74) is 1.24. The first kappa shape index (κ1) is 12.6. The van der Waals surface area contributed by atoms with Gasteiger partial charge in [-0.1, -0.05) is 0 Å².